The van der Waals surface area contributed by atoms with Gasteiger partial charge in [0.2, 0.25) is 5.91 Å². The zero-order chi connectivity index (χ0) is 20.1. The second-order valence-electron chi connectivity index (χ2n) is 7.64. The minimum absolute atomic E-state index is 0.0461. The number of carbonyl (C=O) groups is 2. The molecule has 0 saturated carbocycles. The molecule has 0 atom stereocenters. The van der Waals surface area contributed by atoms with Crippen LogP contribution in [0.2, 0.25) is 0 Å². The summed E-state index contributed by atoms with van der Waals surface area (Å²) in [5.41, 5.74) is 1.09. The second kappa shape index (κ2) is 9.28. The Morgan fingerprint density at radius 3 is 2.21 bits per heavy atom. The molecule has 1 N–H and O–H groups in total. The van der Waals surface area contributed by atoms with E-state index in [1.165, 1.54) is 0 Å². The summed E-state index contributed by atoms with van der Waals surface area (Å²) in [5, 5.41) is 9.11. The van der Waals surface area contributed by atoms with Gasteiger partial charge >= 0.3 is 5.97 Å². The van der Waals surface area contributed by atoms with E-state index in [0.29, 0.717) is 25.9 Å². The first-order chi connectivity index (χ1) is 13.5. The number of hydrogen-bond donors (Lipinski definition) is 1. The summed E-state index contributed by atoms with van der Waals surface area (Å²) in [4.78, 5) is 28.1. The highest BCUT2D eigenvalue weighted by Crippen LogP contribution is 2.32. The summed E-state index contributed by atoms with van der Waals surface area (Å²) in [6, 6.07) is 5.90. The largest absolute Gasteiger partial charge is 0.493 e. The Balaban J connectivity index is 1.51. The lowest BCUT2D eigenvalue weighted by Crippen LogP contribution is -2.46. The number of carboxylic acids is 1. The lowest BCUT2D eigenvalue weighted by Gasteiger charge is -2.36. The molecule has 2 aliphatic heterocycles. The Kier molecular flexibility index (Phi) is 6.78. The molecule has 0 bridgehead atoms. The molecule has 0 aromatic heterocycles. The van der Waals surface area contributed by atoms with Crippen molar-refractivity contribution in [2.75, 3.05) is 40.4 Å². The fourth-order valence-corrected chi connectivity index (χ4v) is 4.26. The van der Waals surface area contributed by atoms with Crippen LogP contribution in [0.15, 0.2) is 18.2 Å². The van der Waals surface area contributed by atoms with Gasteiger partial charge in [-0.15, -0.1) is 0 Å². The molecule has 2 saturated heterocycles. The minimum Gasteiger partial charge on any atom is -0.493 e. The van der Waals surface area contributed by atoms with Gasteiger partial charge in [-0.2, -0.15) is 0 Å². The highest BCUT2D eigenvalue weighted by molar-refractivity contribution is 5.79. The molecule has 154 valence electrons. The van der Waals surface area contributed by atoms with Gasteiger partial charge in [0.25, 0.3) is 0 Å². The van der Waals surface area contributed by atoms with Crippen LogP contribution >= 0.6 is 0 Å². The molecule has 1 aromatic rings. The third-order valence-electron chi connectivity index (χ3n) is 5.97. The second-order valence-corrected chi connectivity index (χ2v) is 7.64. The number of aliphatic carboxylic acids is 1. The number of nitrogens with zero attached hydrogens (tertiary/aromatic N) is 2. The van der Waals surface area contributed by atoms with Crippen molar-refractivity contribution in [2.45, 2.75) is 32.2 Å². The average Bonchev–Trinajstić information content (AvgIpc) is 2.73. The highest BCUT2D eigenvalue weighted by Gasteiger charge is 2.32. The molecule has 0 radical (unpaired) electrons. The standard InChI is InChI=1S/C21H30N2O5/c1-27-18-5-3-4-17(19(18)28-2)14-22-10-6-15(7-11-22)20(24)23-12-8-16(9-13-23)21(25)26/h3-5,15-16H,6-14H2,1-2H3,(H,25,26). The van der Waals surface area contributed by atoms with Crippen LogP contribution in [0.25, 0.3) is 0 Å². The fraction of sp³-hybridized carbons (Fsp3) is 0.619. The Bertz CT molecular complexity index is 692. The third kappa shape index (κ3) is 4.58. The lowest BCUT2D eigenvalue weighted by molar-refractivity contribution is -0.147. The molecule has 3 rings (SSSR count). The van der Waals surface area contributed by atoms with Crippen LogP contribution in [0.5, 0.6) is 11.5 Å². The number of carboxylic acid groups (broad SMARTS) is 1. The first-order valence-electron chi connectivity index (χ1n) is 9.97. The van der Waals surface area contributed by atoms with Gasteiger partial charge in [-0.1, -0.05) is 12.1 Å². The van der Waals surface area contributed by atoms with E-state index in [9.17, 15) is 9.59 Å². The topological polar surface area (TPSA) is 79.3 Å². The predicted octanol–water partition coefficient (Wildman–Crippen LogP) is 2.24. The molecule has 0 aliphatic carbocycles. The van der Waals surface area contributed by atoms with Crippen molar-refractivity contribution >= 4 is 11.9 Å². The number of methoxy groups -OCH3 is 2. The number of rotatable bonds is 6. The molecule has 0 spiro atoms. The van der Waals surface area contributed by atoms with Gasteiger partial charge in [0.1, 0.15) is 0 Å². The van der Waals surface area contributed by atoms with Crippen LogP contribution < -0.4 is 9.47 Å². The molecule has 28 heavy (non-hydrogen) atoms. The molecular formula is C21H30N2O5. The summed E-state index contributed by atoms with van der Waals surface area (Å²) in [7, 11) is 3.29. The molecule has 7 heteroatoms. The van der Waals surface area contributed by atoms with E-state index in [0.717, 1.165) is 49.5 Å². The lowest BCUT2D eigenvalue weighted by atomic mass is 9.92. The first kappa shape index (κ1) is 20.5. The first-order valence-corrected chi connectivity index (χ1v) is 9.97. The van der Waals surface area contributed by atoms with Crippen molar-refractivity contribution in [3.8, 4) is 11.5 Å². The maximum absolute atomic E-state index is 12.8. The van der Waals surface area contributed by atoms with Gasteiger partial charge in [0, 0.05) is 31.1 Å². The number of carbonyl (C=O) groups excluding carboxylic acids is 1. The zero-order valence-electron chi connectivity index (χ0n) is 16.7. The molecule has 2 heterocycles. The van der Waals surface area contributed by atoms with Gasteiger partial charge in [-0.25, -0.2) is 0 Å². The summed E-state index contributed by atoms with van der Waals surface area (Å²) in [6.45, 7) is 3.63. The number of likely N-dealkylation sites (tertiary alicyclic amines) is 2. The number of para-hydroxylation sites is 1. The number of amides is 1. The van der Waals surface area contributed by atoms with Crippen molar-refractivity contribution in [2.24, 2.45) is 11.8 Å². The Labute approximate surface area is 166 Å². The molecular weight excluding hydrogens is 360 g/mol. The van der Waals surface area contributed by atoms with Gasteiger partial charge in [0.05, 0.1) is 20.1 Å². The van der Waals surface area contributed by atoms with E-state index in [-0.39, 0.29) is 17.7 Å². The van der Waals surface area contributed by atoms with Crippen LogP contribution in [0, 0.1) is 11.8 Å². The Morgan fingerprint density at radius 1 is 1.00 bits per heavy atom. The monoisotopic (exact) mass is 390 g/mol. The zero-order valence-corrected chi connectivity index (χ0v) is 16.7. The Morgan fingerprint density at radius 2 is 1.64 bits per heavy atom. The molecule has 1 amide bonds. The number of ether oxygens (including phenoxy) is 2. The molecule has 2 aliphatic rings. The third-order valence-corrected chi connectivity index (χ3v) is 5.97. The minimum atomic E-state index is -0.742. The maximum Gasteiger partial charge on any atom is 0.306 e. The van der Waals surface area contributed by atoms with E-state index in [4.69, 9.17) is 14.6 Å². The number of benzene rings is 1. The quantitative estimate of drug-likeness (QED) is 0.803. The molecule has 2 fully saturated rings. The fourth-order valence-electron chi connectivity index (χ4n) is 4.26. The van der Waals surface area contributed by atoms with Crippen molar-refractivity contribution in [3.05, 3.63) is 23.8 Å². The van der Waals surface area contributed by atoms with Crippen molar-refractivity contribution < 1.29 is 24.2 Å². The smallest absolute Gasteiger partial charge is 0.306 e. The van der Waals surface area contributed by atoms with Crippen LogP contribution in [-0.4, -0.2) is 67.2 Å². The molecule has 0 unspecified atom stereocenters. The Hall–Kier alpha value is -2.28. The van der Waals surface area contributed by atoms with Crippen LogP contribution in [-0.2, 0) is 16.1 Å². The SMILES string of the molecule is COc1cccc(CN2CCC(C(=O)N3CCC(C(=O)O)CC3)CC2)c1OC. The van der Waals surface area contributed by atoms with Gasteiger partial charge < -0.3 is 19.5 Å². The van der Waals surface area contributed by atoms with E-state index < -0.39 is 5.97 Å². The summed E-state index contributed by atoms with van der Waals surface area (Å²) in [5.74, 6) is 0.698. The van der Waals surface area contributed by atoms with E-state index in [1.807, 2.05) is 23.1 Å². The van der Waals surface area contributed by atoms with Gasteiger partial charge in [-0.05, 0) is 44.8 Å². The maximum atomic E-state index is 12.8. The van der Waals surface area contributed by atoms with Crippen molar-refractivity contribution in [1.82, 2.24) is 9.80 Å². The molecule has 7 nitrogen and oxygen atoms in total. The van der Waals surface area contributed by atoms with Gasteiger partial charge in [-0.3, -0.25) is 14.5 Å². The summed E-state index contributed by atoms with van der Waals surface area (Å²) >= 11 is 0. The van der Waals surface area contributed by atoms with Crippen LogP contribution in [0.1, 0.15) is 31.2 Å². The summed E-state index contributed by atoms with van der Waals surface area (Å²) in [6.07, 6.45) is 2.80. The normalized spacial score (nSPS) is 19.4. The highest BCUT2D eigenvalue weighted by atomic mass is 16.5. The van der Waals surface area contributed by atoms with Crippen LogP contribution in [0.3, 0.4) is 0 Å². The van der Waals surface area contributed by atoms with Crippen LogP contribution in [0.4, 0.5) is 0 Å². The molecule has 1 aromatic carbocycles. The number of hydrogen-bond acceptors (Lipinski definition) is 5. The summed E-state index contributed by atoms with van der Waals surface area (Å²) < 4.78 is 10.9. The van der Waals surface area contributed by atoms with E-state index >= 15 is 0 Å². The predicted molar refractivity (Wildman–Crippen MR) is 104 cm³/mol. The average molecular weight is 390 g/mol. The number of piperidine rings is 2. The van der Waals surface area contributed by atoms with E-state index in [2.05, 4.69) is 4.90 Å². The van der Waals surface area contributed by atoms with E-state index in [1.54, 1.807) is 14.2 Å². The van der Waals surface area contributed by atoms with Crippen molar-refractivity contribution in [3.63, 3.8) is 0 Å². The van der Waals surface area contributed by atoms with Crippen molar-refractivity contribution in [1.29, 1.82) is 0 Å². The van der Waals surface area contributed by atoms with Gasteiger partial charge in [0.15, 0.2) is 11.5 Å².